The Morgan fingerprint density at radius 1 is 1.28 bits per heavy atom. The van der Waals surface area contributed by atoms with Gasteiger partial charge in [0.1, 0.15) is 5.75 Å². The highest BCUT2D eigenvalue weighted by Gasteiger charge is 2.31. The molecule has 0 bridgehead atoms. The topological polar surface area (TPSA) is 83.6 Å². The zero-order chi connectivity index (χ0) is 13.9. The van der Waals surface area contributed by atoms with Gasteiger partial charge in [0, 0.05) is 11.8 Å². The average Bonchev–Trinajstić information content (AvgIpc) is 2.29. The van der Waals surface area contributed by atoms with Crippen LogP contribution in [-0.2, 0) is 11.2 Å². The van der Waals surface area contributed by atoms with E-state index in [4.69, 9.17) is 10.8 Å². The number of hydrogen-bond donors (Lipinski definition) is 3. The molecule has 0 aliphatic heterocycles. The summed E-state index contributed by atoms with van der Waals surface area (Å²) in [6.07, 6.45) is -0.621. The van der Waals surface area contributed by atoms with E-state index in [0.717, 1.165) is 5.56 Å². The molecular formula is C14H21NO3. The first kappa shape index (κ1) is 14.7. The van der Waals surface area contributed by atoms with Crippen LogP contribution >= 0.6 is 0 Å². The predicted molar refractivity (Wildman–Crippen MR) is 70.3 cm³/mol. The first-order chi connectivity index (χ1) is 8.21. The van der Waals surface area contributed by atoms with Crippen LogP contribution < -0.4 is 5.73 Å². The highest BCUT2D eigenvalue weighted by molar-refractivity contribution is 5.89. The van der Waals surface area contributed by atoms with Gasteiger partial charge in [-0.1, -0.05) is 32.9 Å². The molecule has 0 aliphatic carbocycles. The quantitative estimate of drug-likeness (QED) is 0.751. The summed E-state index contributed by atoms with van der Waals surface area (Å²) in [5, 5.41) is 19.1. The standard InChI is InChI=1S/C14H21NO3/c1-14(2,3)13(18)12(15)11(17)8-9-4-6-10(16)7-5-9/h4-7,11-12,16-17H,8,15H2,1-3H3. The molecule has 4 N–H and O–H groups in total. The number of carbonyl (C=O) groups excluding carboxylic acids is 1. The Morgan fingerprint density at radius 2 is 1.78 bits per heavy atom. The van der Waals surface area contributed by atoms with Gasteiger partial charge in [0.2, 0.25) is 0 Å². The van der Waals surface area contributed by atoms with Crippen molar-refractivity contribution < 1.29 is 15.0 Å². The second kappa shape index (κ2) is 5.50. The SMILES string of the molecule is CC(C)(C)C(=O)C(N)C(O)Cc1ccc(O)cc1. The summed E-state index contributed by atoms with van der Waals surface area (Å²) in [4.78, 5) is 11.9. The lowest BCUT2D eigenvalue weighted by Gasteiger charge is -2.25. The van der Waals surface area contributed by atoms with Gasteiger partial charge in [-0.05, 0) is 17.7 Å². The largest absolute Gasteiger partial charge is 0.508 e. The van der Waals surface area contributed by atoms with Crippen molar-refractivity contribution in [3.8, 4) is 5.75 Å². The Hall–Kier alpha value is -1.39. The van der Waals surface area contributed by atoms with Crippen molar-refractivity contribution in [2.45, 2.75) is 39.3 Å². The fourth-order valence-electron chi connectivity index (χ4n) is 1.68. The van der Waals surface area contributed by atoms with E-state index in [2.05, 4.69) is 0 Å². The number of aliphatic hydroxyl groups excluding tert-OH is 1. The summed E-state index contributed by atoms with van der Waals surface area (Å²) >= 11 is 0. The van der Waals surface area contributed by atoms with Crippen LogP contribution in [0, 0.1) is 5.41 Å². The number of aliphatic hydroxyl groups is 1. The van der Waals surface area contributed by atoms with Crippen molar-refractivity contribution in [2.75, 3.05) is 0 Å². The molecule has 1 aromatic carbocycles. The minimum Gasteiger partial charge on any atom is -0.508 e. The zero-order valence-corrected chi connectivity index (χ0v) is 11.1. The number of aromatic hydroxyl groups is 1. The van der Waals surface area contributed by atoms with Crippen LogP contribution in [0.5, 0.6) is 5.75 Å². The molecule has 4 heteroatoms. The van der Waals surface area contributed by atoms with Crippen LogP contribution in [0.3, 0.4) is 0 Å². The van der Waals surface area contributed by atoms with Crippen LogP contribution in [0.2, 0.25) is 0 Å². The van der Waals surface area contributed by atoms with Crippen molar-refractivity contribution in [1.82, 2.24) is 0 Å². The molecule has 1 rings (SSSR count). The number of Topliss-reactive ketones (excluding diaryl/α,β-unsaturated/α-hetero) is 1. The van der Waals surface area contributed by atoms with Gasteiger partial charge in [-0.25, -0.2) is 0 Å². The van der Waals surface area contributed by atoms with E-state index < -0.39 is 17.6 Å². The predicted octanol–water partition coefficient (Wildman–Crippen LogP) is 1.24. The fraction of sp³-hybridized carbons (Fsp3) is 0.500. The molecule has 4 nitrogen and oxygen atoms in total. The second-order valence-electron chi connectivity index (χ2n) is 5.58. The van der Waals surface area contributed by atoms with E-state index in [1.807, 2.05) is 0 Å². The first-order valence-corrected chi connectivity index (χ1v) is 5.97. The number of phenols is 1. The van der Waals surface area contributed by atoms with Crippen LogP contribution in [-0.4, -0.2) is 28.1 Å². The van der Waals surface area contributed by atoms with Crippen LogP contribution in [0.25, 0.3) is 0 Å². The number of hydrogen-bond acceptors (Lipinski definition) is 4. The molecule has 0 saturated heterocycles. The Morgan fingerprint density at radius 3 is 2.22 bits per heavy atom. The average molecular weight is 251 g/mol. The molecule has 0 aliphatic rings. The number of nitrogens with two attached hydrogens (primary N) is 1. The molecular weight excluding hydrogens is 230 g/mol. The fourth-order valence-corrected chi connectivity index (χ4v) is 1.68. The van der Waals surface area contributed by atoms with Crippen molar-refractivity contribution in [3.63, 3.8) is 0 Å². The summed E-state index contributed by atoms with van der Waals surface area (Å²) in [6, 6.07) is 5.59. The molecule has 1 aromatic rings. The maximum absolute atomic E-state index is 11.9. The molecule has 2 atom stereocenters. The van der Waals surface area contributed by atoms with Gasteiger partial charge >= 0.3 is 0 Å². The van der Waals surface area contributed by atoms with E-state index in [1.54, 1.807) is 45.0 Å². The molecule has 0 amide bonds. The molecule has 0 aromatic heterocycles. The smallest absolute Gasteiger partial charge is 0.157 e. The Labute approximate surface area is 107 Å². The maximum atomic E-state index is 11.9. The first-order valence-electron chi connectivity index (χ1n) is 5.97. The van der Waals surface area contributed by atoms with Crippen molar-refractivity contribution in [2.24, 2.45) is 11.1 Å². The Kier molecular flexibility index (Phi) is 4.48. The number of phenolic OH excluding ortho intramolecular Hbond substituents is 1. The van der Waals surface area contributed by atoms with Crippen LogP contribution in [0.15, 0.2) is 24.3 Å². The van der Waals surface area contributed by atoms with E-state index in [1.165, 1.54) is 0 Å². The Bertz CT molecular complexity index is 406. The Balaban J connectivity index is 2.68. The lowest BCUT2D eigenvalue weighted by molar-refractivity contribution is -0.130. The van der Waals surface area contributed by atoms with Crippen LogP contribution in [0.1, 0.15) is 26.3 Å². The number of carbonyl (C=O) groups is 1. The summed E-state index contributed by atoms with van der Waals surface area (Å²) in [5.41, 5.74) is 6.05. The lowest BCUT2D eigenvalue weighted by Crippen LogP contribution is -2.47. The van der Waals surface area contributed by atoms with E-state index in [0.29, 0.717) is 6.42 Å². The normalized spacial score (nSPS) is 15.2. The van der Waals surface area contributed by atoms with E-state index >= 15 is 0 Å². The maximum Gasteiger partial charge on any atom is 0.157 e. The molecule has 0 fully saturated rings. The van der Waals surface area contributed by atoms with Crippen molar-refractivity contribution in [3.05, 3.63) is 29.8 Å². The summed E-state index contributed by atoms with van der Waals surface area (Å²) in [7, 11) is 0. The minimum atomic E-state index is -0.915. The van der Waals surface area contributed by atoms with Gasteiger partial charge in [-0.15, -0.1) is 0 Å². The summed E-state index contributed by atoms with van der Waals surface area (Å²) in [6.45, 7) is 5.34. The van der Waals surface area contributed by atoms with Crippen molar-refractivity contribution in [1.29, 1.82) is 0 Å². The van der Waals surface area contributed by atoms with Crippen molar-refractivity contribution >= 4 is 5.78 Å². The monoisotopic (exact) mass is 251 g/mol. The zero-order valence-electron chi connectivity index (χ0n) is 11.1. The molecule has 0 radical (unpaired) electrons. The third-order valence-electron chi connectivity index (χ3n) is 2.84. The number of rotatable bonds is 4. The highest BCUT2D eigenvalue weighted by Crippen LogP contribution is 2.19. The second-order valence-corrected chi connectivity index (χ2v) is 5.58. The summed E-state index contributed by atoms with van der Waals surface area (Å²) in [5.74, 6) is 0.0112. The van der Waals surface area contributed by atoms with Gasteiger partial charge in [-0.3, -0.25) is 4.79 Å². The van der Waals surface area contributed by atoms with Gasteiger partial charge in [0.25, 0.3) is 0 Å². The number of ketones is 1. The third kappa shape index (κ3) is 3.82. The van der Waals surface area contributed by atoms with E-state index in [9.17, 15) is 9.90 Å². The van der Waals surface area contributed by atoms with E-state index in [-0.39, 0.29) is 11.5 Å². The molecule has 0 saturated carbocycles. The molecule has 100 valence electrons. The molecule has 0 spiro atoms. The van der Waals surface area contributed by atoms with Gasteiger partial charge in [0.05, 0.1) is 12.1 Å². The third-order valence-corrected chi connectivity index (χ3v) is 2.84. The van der Waals surface area contributed by atoms with Gasteiger partial charge < -0.3 is 15.9 Å². The highest BCUT2D eigenvalue weighted by atomic mass is 16.3. The summed E-state index contributed by atoms with van der Waals surface area (Å²) < 4.78 is 0. The van der Waals surface area contributed by atoms with Gasteiger partial charge in [0.15, 0.2) is 5.78 Å². The van der Waals surface area contributed by atoms with Crippen LogP contribution in [0.4, 0.5) is 0 Å². The molecule has 0 heterocycles. The van der Waals surface area contributed by atoms with Gasteiger partial charge in [-0.2, -0.15) is 0 Å². The lowest BCUT2D eigenvalue weighted by atomic mass is 9.84. The number of benzene rings is 1. The molecule has 18 heavy (non-hydrogen) atoms. The minimum absolute atomic E-state index is 0.159. The molecule has 2 unspecified atom stereocenters.